The second-order valence-corrected chi connectivity index (χ2v) is 3.82. The van der Waals surface area contributed by atoms with Crippen LogP contribution >= 0.6 is 22.6 Å². The largest absolute Gasteiger partial charge is 0.364 e. The molecule has 0 saturated heterocycles. The number of nitrogens with two attached hydrogens (primary N) is 1. The topological polar surface area (TPSA) is 68.9 Å². The highest BCUT2D eigenvalue weighted by Crippen LogP contribution is 2.19. The fourth-order valence-electron chi connectivity index (χ4n) is 1.18. The van der Waals surface area contributed by atoms with Crippen molar-refractivity contribution in [2.75, 3.05) is 0 Å². The van der Waals surface area contributed by atoms with Crippen molar-refractivity contribution in [3.63, 3.8) is 0 Å². The molecule has 0 radical (unpaired) electrons. The molecule has 0 bridgehead atoms. The molecular formula is C9H6IN3O. The molecule has 5 heteroatoms. The van der Waals surface area contributed by atoms with Gasteiger partial charge in [0.2, 0.25) is 0 Å². The van der Waals surface area contributed by atoms with Gasteiger partial charge in [0.15, 0.2) is 5.69 Å². The van der Waals surface area contributed by atoms with Gasteiger partial charge in [-0.15, -0.1) is 10.2 Å². The minimum Gasteiger partial charge on any atom is -0.364 e. The standard InChI is InChI=1S/C9H6IN3O/c10-7-5-3-1-2-4-6(5)12-13-8(7)9(11)14/h1-4H,(H2,11,14). The molecule has 1 aromatic heterocycles. The maximum Gasteiger partial charge on any atom is 0.270 e. The maximum absolute atomic E-state index is 11.0. The van der Waals surface area contributed by atoms with Crippen LogP contribution in [0.2, 0.25) is 0 Å². The third kappa shape index (κ3) is 1.43. The lowest BCUT2D eigenvalue weighted by Crippen LogP contribution is -2.16. The van der Waals surface area contributed by atoms with Gasteiger partial charge in [-0.25, -0.2) is 0 Å². The monoisotopic (exact) mass is 299 g/mol. The summed E-state index contributed by atoms with van der Waals surface area (Å²) in [5.41, 5.74) is 6.15. The van der Waals surface area contributed by atoms with Crippen LogP contribution in [0.1, 0.15) is 10.5 Å². The first-order valence-corrected chi connectivity index (χ1v) is 4.99. The van der Waals surface area contributed by atoms with E-state index in [1.165, 1.54) is 0 Å². The lowest BCUT2D eigenvalue weighted by molar-refractivity contribution is 0.0994. The van der Waals surface area contributed by atoms with Crippen LogP contribution < -0.4 is 5.73 Å². The quantitative estimate of drug-likeness (QED) is 0.808. The SMILES string of the molecule is NC(=O)c1nnc2ccccc2c1I. The van der Waals surface area contributed by atoms with Crippen molar-refractivity contribution in [2.45, 2.75) is 0 Å². The van der Waals surface area contributed by atoms with E-state index in [0.717, 1.165) is 14.5 Å². The highest BCUT2D eigenvalue weighted by molar-refractivity contribution is 14.1. The smallest absolute Gasteiger partial charge is 0.270 e. The molecule has 14 heavy (non-hydrogen) atoms. The van der Waals surface area contributed by atoms with Crippen LogP contribution in [0.5, 0.6) is 0 Å². The Kier molecular flexibility index (Phi) is 2.32. The average molecular weight is 299 g/mol. The molecule has 0 aliphatic carbocycles. The molecule has 0 saturated carbocycles. The summed E-state index contributed by atoms with van der Waals surface area (Å²) < 4.78 is 0.751. The summed E-state index contributed by atoms with van der Waals surface area (Å²) in [6.07, 6.45) is 0. The maximum atomic E-state index is 11.0. The summed E-state index contributed by atoms with van der Waals surface area (Å²) in [6.45, 7) is 0. The zero-order valence-electron chi connectivity index (χ0n) is 7.07. The number of halogens is 1. The van der Waals surface area contributed by atoms with E-state index in [-0.39, 0.29) is 5.69 Å². The number of carbonyl (C=O) groups is 1. The van der Waals surface area contributed by atoms with Gasteiger partial charge in [0.1, 0.15) is 0 Å². The molecule has 2 N–H and O–H groups in total. The fraction of sp³-hybridized carbons (Fsp3) is 0. The molecule has 4 nitrogen and oxygen atoms in total. The molecule has 1 heterocycles. The molecule has 70 valence electrons. The number of rotatable bonds is 1. The van der Waals surface area contributed by atoms with Crippen molar-refractivity contribution in [2.24, 2.45) is 5.73 Å². The Morgan fingerprint density at radius 3 is 2.71 bits per heavy atom. The van der Waals surface area contributed by atoms with Crippen molar-refractivity contribution < 1.29 is 4.79 Å². The van der Waals surface area contributed by atoms with Gasteiger partial charge in [0.25, 0.3) is 5.91 Å². The van der Waals surface area contributed by atoms with Crippen molar-refractivity contribution >= 4 is 39.4 Å². The van der Waals surface area contributed by atoms with E-state index in [1.807, 2.05) is 24.3 Å². The molecule has 0 aliphatic heterocycles. The summed E-state index contributed by atoms with van der Waals surface area (Å²) >= 11 is 2.05. The van der Waals surface area contributed by atoms with E-state index in [4.69, 9.17) is 5.73 Å². The van der Waals surface area contributed by atoms with Crippen LogP contribution in [0.25, 0.3) is 10.9 Å². The number of hydrogen-bond donors (Lipinski definition) is 1. The van der Waals surface area contributed by atoms with Crippen molar-refractivity contribution in [1.29, 1.82) is 0 Å². The average Bonchev–Trinajstić information content (AvgIpc) is 2.18. The summed E-state index contributed by atoms with van der Waals surface area (Å²) in [5, 5.41) is 8.58. The second-order valence-electron chi connectivity index (χ2n) is 2.74. The molecule has 0 spiro atoms. The number of nitrogens with zero attached hydrogens (tertiary/aromatic N) is 2. The Bertz CT molecular complexity index is 512. The summed E-state index contributed by atoms with van der Waals surface area (Å²) in [5.74, 6) is -0.548. The van der Waals surface area contributed by atoms with E-state index in [2.05, 4.69) is 32.8 Å². The zero-order valence-corrected chi connectivity index (χ0v) is 9.22. The Labute approximate surface area is 93.6 Å². The molecule has 2 rings (SSSR count). The van der Waals surface area contributed by atoms with Crippen LogP contribution in [-0.2, 0) is 0 Å². The van der Waals surface area contributed by atoms with Crippen LogP contribution in [0, 0.1) is 3.57 Å². The number of amides is 1. The number of hydrogen-bond acceptors (Lipinski definition) is 3. The number of fused-ring (bicyclic) bond motifs is 1. The van der Waals surface area contributed by atoms with Crippen molar-refractivity contribution in [3.05, 3.63) is 33.5 Å². The van der Waals surface area contributed by atoms with Gasteiger partial charge in [-0.2, -0.15) is 0 Å². The molecule has 0 fully saturated rings. The predicted octanol–water partition coefficient (Wildman–Crippen LogP) is 1.33. The number of primary amides is 1. The van der Waals surface area contributed by atoms with Crippen LogP contribution in [-0.4, -0.2) is 16.1 Å². The Hall–Kier alpha value is -1.24. The Morgan fingerprint density at radius 1 is 1.29 bits per heavy atom. The number of benzene rings is 1. The predicted molar refractivity (Wildman–Crippen MR) is 60.8 cm³/mol. The van der Waals surface area contributed by atoms with E-state index in [1.54, 1.807) is 0 Å². The third-order valence-corrected chi connectivity index (χ3v) is 2.93. The number of carbonyl (C=O) groups excluding carboxylic acids is 1. The lowest BCUT2D eigenvalue weighted by Gasteiger charge is -2.01. The summed E-state index contributed by atoms with van der Waals surface area (Å²) in [6, 6.07) is 7.49. The zero-order chi connectivity index (χ0) is 10.1. The van der Waals surface area contributed by atoms with E-state index >= 15 is 0 Å². The highest BCUT2D eigenvalue weighted by atomic mass is 127. The molecule has 0 unspecified atom stereocenters. The molecule has 0 aliphatic rings. The van der Waals surface area contributed by atoms with Crippen LogP contribution in [0.4, 0.5) is 0 Å². The van der Waals surface area contributed by atoms with Gasteiger partial charge < -0.3 is 5.73 Å². The normalized spacial score (nSPS) is 10.4. The van der Waals surface area contributed by atoms with E-state index in [0.29, 0.717) is 0 Å². The Morgan fingerprint density at radius 2 is 2.00 bits per heavy atom. The number of aromatic nitrogens is 2. The first-order valence-electron chi connectivity index (χ1n) is 3.91. The van der Waals surface area contributed by atoms with Gasteiger partial charge in [-0.3, -0.25) is 4.79 Å². The van der Waals surface area contributed by atoms with Crippen molar-refractivity contribution in [1.82, 2.24) is 10.2 Å². The minimum absolute atomic E-state index is 0.226. The molecule has 2 aromatic rings. The van der Waals surface area contributed by atoms with Gasteiger partial charge in [-0.05, 0) is 28.7 Å². The van der Waals surface area contributed by atoms with Crippen LogP contribution in [0.3, 0.4) is 0 Å². The lowest BCUT2D eigenvalue weighted by atomic mass is 10.2. The first-order chi connectivity index (χ1) is 6.70. The summed E-state index contributed by atoms with van der Waals surface area (Å²) in [7, 11) is 0. The highest BCUT2D eigenvalue weighted by Gasteiger charge is 2.11. The molecule has 0 atom stereocenters. The Balaban J connectivity index is 2.81. The van der Waals surface area contributed by atoms with Gasteiger partial charge in [0.05, 0.1) is 9.09 Å². The van der Waals surface area contributed by atoms with Crippen molar-refractivity contribution in [3.8, 4) is 0 Å². The van der Waals surface area contributed by atoms with Gasteiger partial charge in [0, 0.05) is 5.39 Å². The van der Waals surface area contributed by atoms with E-state index < -0.39 is 5.91 Å². The molecule has 1 amide bonds. The summed E-state index contributed by atoms with van der Waals surface area (Å²) in [4.78, 5) is 11.0. The molecule has 1 aromatic carbocycles. The van der Waals surface area contributed by atoms with Crippen LogP contribution in [0.15, 0.2) is 24.3 Å². The van der Waals surface area contributed by atoms with Gasteiger partial charge >= 0.3 is 0 Å². The third-order valence-electron chi connectivity index (χ3n) is 1.84. The van der Waals surface area contributed by atoms with E-state index in [9.17, 15) is 4.79 Å². The van der Waals surface area contributed by atoms with Gasteiger partial charge in [-0.1, -0.05) is 18.2 Å². The fourth-order valence-corrected chi connectivity index (χ4v) is 2.01. The first kappa shape index (κ1) is 9.32. The minimum atomic E-state index is -0.548. The molecular weight excluding hydrogens is 293 g/mol. The second kappa shape index (κ2) is 3.49.